The van der Waals surface area contributed by atoms with Gasteiger partial charge in [-0.2, -0.15) is 5.10 Å². The quantitative estimate of drug-likeness (QED) is 0.766. The molecule has 0 aliphatic carbocycles. The second-order valence-corrected chi connectivity index (χ2v) is 6.14. The summed E-state index contributed by atoms with van der Waals surface area (Å²) in [5.41, 5.74) is 2.21. The van der Waals surface area contributed by atoms with E-state index in [1.54, 1.807) is 35.6 Å². The molecule has 0 spiro atoms. The third kappa shape index (κ3) is 3.08. The molecule has 0 bridgehead atoms. The van der Waals surface area contributed by atoms with Gasteiger partial charge in [0.15, 0.2) is 0 Å². The maximum absolute atomic E-state index is 12.5. The van der Waals surface area contributed by atoms with Gasteiger partial charge in [0.05, 0.1) is 23.2 Å². The fraction of sp³-hybridized carbons (Fsp3) is 0.222. The fourth-order valence-corrected chi connectivity index (χ4v) is 3.10. The lowest BCUT2D eigenvalue weighted by molar-refractivity contribution is -0.119. The predicted octanol–water partition coefficient (Wildman–Crippen LogP) is 2.06. The number of benzene rings is 1. The molecule has 0 radical (unpaired) electrons. The summed E-state index contributed by atoms with van der Waals surface area (Å²) < 4.78 is 0. The maximum Gasteiger partial charge on any atom is 0.255 e. The summed E-state index contributed by atoms with van der Waals surface area (Å²) in [6.45, 7) is 1.00. The SMILES string of the molecule is O=C(Nc1ccc2[nH]ncc2c1)C1CCN(C(=O)c2cccnc2)C1. The molecule has 25 heavy (non-hydrogen) atoms. The number of carbonyl (C=O) groups excluding carboxylic acids is 2. The molecule has 1 atom stereocenters. The molecular formula is C18H17N5O2. The summed E-state index contributed by atoms with van der Waals surface area (Å²) in [4.78, 5) is 30.6. The van der Waals surface area contributed by atoms with Crippen molar-refractivity contribution in [1.82, 2.24) is 20.1 Å². The Morgan fingerprint density at radius 1 is 1.24 bits per heavy atom. The molecule has 3 heterocycles. The van der Waals surface area contributed by atoms with Crippen LogP contribution >= 0.6 is 0 Å². The summed E-state index contributed by atoms with van der Waals surface area (Å²) in [7, 11) is 0. The third-order valence-electron chi connectivity index (χ3n) is 4.46. The van der Waals surface area contributed by atoms with E-state index in [9.17, 15) is 9.59 Å². The zero-order valence-electron chi connectivity index (χ0n) is 13.5. The van der Waals surface area contributed by atoms with E-state index >= 15 is 0 Å². The van der Waals surface area contributed by atoms with Gasteiger partial charge in [-0.3, -0.25) is 19.7 Å². The molecule has 1 unspecified atom stereocenters. The topological polar surface area (TPSA) is 91.0 Å². The number of hydrogen-bond acceptors (Lipinski definition) is 4. The molecule has 3 aromatic rings. The van der Waals surface area contributed by atoms with Crippen molar-refractivity contribution in [1.29, 1.82) is 0 Å². The first-order chi connectivity index (χ1) is 12.2. The van der Waals surface area contributed by atoms with Crippen LogP contribution < -0.4 is 5.32 Å². The minimum atomic E-state index is -0.208. The first-order valence-corrected chi connectivity index (χ1v) is 8.14. The number of aromatic amines is 1. The molecule has 7 nitrogen and oxygen atoms in total. The van der Waals surface area contributed by atoms with Gasteiger partial charge in [0, 0.05) is 36.6 Å². The molecule has 7 heteroatoms. The number of aromatic nitrogens is 3. The van der Waals surface area contributed by atoms with Crippen LogP contribution in [0.3, 0.4) is 0 Å². The van der Waals surface area contributed by atoms with E-state index < -0.39 is 0 Å². The van der Waals surface area contributed by atoms with Gasteiger partial charge in [0.1, 0.15) is 0 Å². The van der Waals surface area contributed by atoms with Gasteiger partial charge in [-0.25, -0.2) is 0 Å². The lowest BCUT2D eigenvalue weighted by atomic mass is 10.1. The van der Waals surface area contributed by atoms with Gasteiger partial charge >= 0.3 is 0 Å². The highest BCUT2D eigenvalue weighted by atomic mass is 16.2. The number of nitrogens with zero attached hydrogens (tertiary/aromatic N) is 3. The zero-order chi connectivity index (χ0) is 17.2. The molecule has 2 amide bonds. The lowest BCUT2D eigenvalue weighted by Crippen LogP contribution is -2.31. The number of H-pyrrole nitrogens is 1. The number of likely N-dealkylation sites (tertiary alicyclic amines) is 1. The van der Waals surface area contributed by atoms with Crippen molar-refractivity contribution < 1.29 is 9.59 Å². The van der Waals surface area contributed by atoms with Crippen molar-refractivity contribution in [2.45, 2.75) is 6.42 Å². The number of hydrogen-bond donors (Lipinski definition) is 2. The average Bonchev–Trinajstić information content (AvgIpc) is 3.31. The van der Waals surface area contributed by atoms with Crippen LogP contribution in [-0.4, -0.2) is 45.0 Å². The van der Waals surface area contributed by atoms with Gasteiger partial charge < -0.3 is 10.2 Å². The van der Waals surface area contributed by atoms with Crippen LogP contribution in [-0.2, 0) is 4.79 Å². The predicted molar refractivity (Wildman–Crippen MR) is 93.0 cm³/mol. The minimum Gasteiger partial charge on any atom is -0.338 e. The van der Waals surface area contributed by atoms with Crippen LogP contribution in [0.4, 0.5) is 5.69 Å². The van der Waals surface area contributed by atoms with E-state index in [4.69, 9.17) is 0 Å². The number of rotatable bonds is 3. The first-order valence-electron chi connectivity index (χ1n) is 8.14. The molecular weight excluding hydrogens is 318 g/mol. The van der Waals surface area contributed by atoms with Gasteiger partial charge in [0.25, 0.3) is 5.91 Å². The van der Waals surface area contributed by atoms with E-state index in [2.05, 4.69) is 20.5 Å². The highest BCUT2D eigenvalue weighted by Crippen LogP contribution is 2.22. The summed E-state index contributed by atoms with van der Waals surface area (Å²) >= 11 is 0. The number of nitrogens with one attached hydrogen (secondary N) is 2. The van der Waals surface area contributed by atoms with Crippen molar-refractivity contribution in [2.75, 3.05) is 18.4 Å². The molecule has 1 aliphatic heterocycles. The standard InChI is InChI=1S/C18H17N5O2/c24-17(21-15-3-4-16-14(8-15)10-20-22-16)13-5-7-23(11-13)18(25)12-2-1-6-19-9-12/h1-4,6,8-10,13H,5,7,11H2,(H,20,22)(H,21,24). The van der Waals surface area contributed by atoms with Gasteiger partial charge in [-0.1, -0.05) is 0 Å². The van der Waals surface area contributed by atoms with Crippen molar-refractivity contribution in [3.8, 4) is 0 Å². The Labute approximate surface area is 144 Å². The molecule has 2 N–H and O–H groups in total. The van der Waals surface area contributed by atoms with Crippen molar-refractivity contribution >= 4 is 28.4 Å². The smallest absolute Gasteiger partial charge is 0.255 e. The Morgan fingerprint density at radius 2 is 2.16 bits per heavy atom. The third-order valence-corrected chi connectivity index (χ3v) is 4.46. The Morgan fingerprint density at radius 3 is 3.00 bits per heavy atom. The zero-order valence-corrected chi connectivity index (χ0v) is 13.5. The Bertz CT molecular complexity index is 921. The van der Waals surface area contributed by atoms with E-state index in [-0.39, 0.29) is 17.7 Å². The normalized spacial score (nSPS) is 17.0. The fourth-order valence-electron chi connectivity index (χ4n) is 3.10. The van der Waals surface area contributed by atoms with Crippen molar-refractivity contribution in [3.63, 3.8) is 0 Å². The van der Waals surface area contributed by atoms with Crippen LogP contribution in [0.5, 0.6) is 0 Å². The highest BCUT2D eigenvalue weighted by Gasteiger charge is 2.31. The van der Waals surface area contributed by atoms with Crippen molar-refractivity contribution in [2.24, 2.45) is 5.92 Å². The van der Waals surface area contributed by atoms with Crippen LogP contribution in [0.2, 0.25) is 0 Å². The maximum atomic E-state index is 12.5. The molecule has 1 fully saturated rings. The monoisotopic (exact) mass is 335 g/mol. The number of pyridine rings is 1. The summed E-state index contributed by atoms with van der Waals surface area (Å²) in [5, 5.41) is 10.7. The van der Waals surface area contributed by atoms with Crippen LogP contribution in [0.15, 0.2) is 48.9 Å². The number of amides is 2. The van der Waals surface area contributed by atoms with Crippen LogP contribution in [0, 0.1) is 5.92 Å². The molecule has 1 saturated heterocycles. The second-order valence-electron chi connectivity index (χ2n) is 6.14. The minimum absolute atomic E-state index is 0.0654. The van der Waals surface area contributed by atoms with Gasteiger partial charge in [0.2, 0.25) is 5.91 Å². The summed E-state index contributed by atoms with van der Waals surface area (Å²) in [6, 6.07) is 9.07. The molecule has 1 aliphatic rings. The van der Waals surface area contributed by atoms with Crippen molar-refractivity contribution in [3.05, 3.63) is 54.5 Å². The first kappa shape index (κ1) is 15.3. The van der Waals surface area contributed by atoms with Gasteiger partial charge in [-0.05, 0) is 36.8 Å². The Balaban J connectivity index is 1.41. The highest BCUT2D eigenvalue weighted by molar-refractivity contribution is 5.97. The number of anilines is 1. The second kappa shape index (κ2) is 6.35. The Kier molecular flexibility index (Phi) is 3.89. The van der Waals surface area contributed by atoms with Crippen LogP contribution in [0.25, 0.3) is 10.9 Å². The molecule has 2 aromatic heterocycles. The average molecular weight is 335 g/mol. The summed E-state index contributed by atoms with van der Waals surface area (Å²) in [6.07, 6.45) is 5.56. The van der Waals surface area contributed by atoms with Gasteiger partial charge in [-0.15, -0.1) is 0 Å². The lowest BCUT2D eigenvalue weighted by Gasteiger charge is -2.16. The van der Waals surface area contributed by atoms with Crippen LogP contribution in [0.1, 0.15) is 16.8 Å². The molecule has 126 valence electrons. The number of fused-ring (bicyclic) bond motifs is 1. The largest absolute Gasteiger partial charge is 0.338 e. The van der Waals surface area contributed by atoms with E-state index in [1.165, 1.54) is 0 Å². The molecule has 4 rings (SSSR count). The summed E-state index contributed by atoms with van der Waals surface area (Å²) in [5.74, 6) is -0.354. The number of carbonyl (C=O) groups is 2. The molecule has 1 aromatic carbocycles. The van der Waals surface area contributed by atoms with E-state index in [1.807, 2.05) is 18.2 Å². The van der Waals surface area contributed by atoms with E-state index in [0.29, 0.717) is 25.1 Å². The molecule has 0 saturated carbocycles. The Hall–Kier alpha value is -3.22. The van der Waals surface area contributed by atoms with E-state index in [0.717, 1.165) is 16.6 Å².